The van der Waals surface area contributed by atoms with Crippen LogP contribution in [-0.2, 0) is 0 Å². The van der Waals surface area contributed by atoms with E-state index in [2.05, 4.69) is 0 Å². The molecular formula is C12H23F3N2. The average molecular weight is 252 g/mol. The van der Waals surface area contributed by atoms with E-state index in [0.717, 1.165) is 32.1 Å². The van der Waals surface area contributed by atoms with Gasteiger partial charge >= 0.3 is 6.18 Å². The van der Waals surface area contributed by atoms with E-state index in [1.165, 1.54) is 4.90 Å². The number of hydrogen-bond acceptors (Lipinski definition) is 2. The van der Waals surface area contributed by atoms with E-state index < -0.39 is 12.7 Å². The summed E-state index contributed by atoms with van der Waals surface area (Å²) in [4.78, 5) is 1.47. The Morgan fingerprint density at radius 3 is 2.41 bits per heavy atom. The summed E-state index contributed by atoms with van der Waals surface area (Å²) in [6.45, 7) is 1.88. The van der Waals surface area contributed by atoms with Gasteiger partial charge in [0.05, 0.1) is 6.54 Å². The molecule has 0 bridgehead atoms. The van der Waals surface area contributed by atoms with Gasteiger partial charge in [-0.2, -0.15) is 13.2 Å². The van der Waals surface area contributed by atoms with E-state index in [0.29, 0.717) is 13.1 Å². The summed E-state index contributed by atoms with van der Waals surface area (Å²) < 4.78 is 37.1. The fourth-order valence-electron chi connectivity index (χ4n) is 2.53. The smallest absolute Gasteiger partial charge is 0.327 e. The topological polar surface area (TPSA) is 29.3 Å². The molecule has 0 aromatic heterocycles. The molecule has 1 saturated carbocycles. The van der Waals surface area contributed by atoms with Gasteiger partial charge in [-0.15, -0.1) is 0 Å². The van der Waals surface area contributed by atoms with Crippen LogP contribution < -0.4 is 5.73 Å². The quantitative estimate of drug-likeness (QED) is 0.780. The summed E-state index contributed by atoms with van der Waals surface area (Å²) in [7, 11) is 0. The van der Waals surface area contributed by atoms with Crippen LogP contribution in [-0.4, -0.2) is 36.8 Å². The van der Waals surface area contributed by atoms with Crippen LogP contribution in [0.4, 0.5) is 13.2 Å². The third-order valence-electron chi connectivity index (χ3n) is 3.56. The van der Waals surface area contributed by atoms with Gasteiger partial charge in [0.1, 0.15) is 0 Å². The molecule has 0 radical (unpaired) electrons. The van der Waals surface area contributed by atoms with Crippen molar-refractivity contribution in [2.75, 3.05) is 19.6 Å². The molecule has 1 aliphatic carbocycles. The normalized spacial score (nSPS) is 27.2. The lowest BCUT2D eigenvalue weighted by molar-refractivity contribution is -0.147. The molecule has 1 aliphatic rings. The maximum absolute atomic E-state index is 12.4. The third kappa shape index (κ3) is 5.73. The van der Waals surface area contributed by atoms with Crippen molar-refractivity contribution < 1.29 is 13.2 Å². The highest BCUT2D eigenvalue weighted by Gasteiger charge is 2.32. The SMILES string of the molecule is CCN(CC1CCCCCC1N)CC(F)(F)F. The molecule has 0 saturated heterocycles. The molecule has 1 fully saturated rings. The lowest BCUT2D eigenvalue weighted by atomic mass is 9.95. The van der Waals surface area contributed by atoms with E-state index in [9.17, 15) is 13.2 Å². The van der Waals surface area contributed by atoms with Crippen molar-refractivity contribution in [1.82, 2.24) is 4.90 Å². The van der Waals surface area contributed by atoms with Gasteiger partial charge in [-0.05, 0) is 25.3 Å². The number of nitrogens with zero attached hydrogens (tertiary/aromatic N) is 1. The van der Waals surface area contributed by atoms with Crippen molar-refractivity contribution in [3.8, 4) is 0 Å². The number of hydrogen-bond donors (Lipinski definition) is 1. The highest BCUT2D eigenvalue weighted by molar-refractivity contribution is 4.79. The molecular weight excluding hydrogens is 229 g/mol. The minimum absolute atomic E-state index is 0.0692. The third-order valence-corrected chi connectivity index (χ3v) is 3.56. The molecule has 2 unspecified atom stereocenters. The van der Waals surface area contributed by atoms with Crippen molar-refractivity contribution in [2.24, 2.45) is 11.7 Å². The van der Waals surface area contributed by atoms with Gasteiger partial charge in [-0.25, -0.2) is 0 Å². The van der Waals surface area contributed by atoms with Gasteiger partial charge in [0.2, 0.25) is 0 Å². The Balaban J connectivity index is 2.48. The lowest BCUT2D eigenvalue weighted by Gasteiger charge is -2.29. The Hall–Kier alpha value is -0.290. The Kier molecular flexibility index (Phi) is 5.73. The van der Waals surface area contributed by atoms with E-state index in [4.69, 9.17) is 5.73 Å². The molecule has 2 nitrogen and oxygen atoms in total. The fraction of sp³-hybridized carbons (Fsp3) is 1.00. The molecule has 0 amide bonds. The zero-order valence-corrected chi connectivity index (χ0v) is 10.5. The molecule has 1 rings (SSSR count). The summed E-state index contributed by atoms with van der Waals surface area (Å²) in [5.41, 5.74) is 6.04. The van der Waals surface area contributed by atoms with Gasteiger partial charge in [0.15, 0.2) is 0 Å². The van der Waals surface area contributed by atoms with Gasteiger partial charge in [0, 0.05) is 12.6 Å². The molecule has 2 atom stereocenters. The summed E-state index contributed by atoms with van der Waals surface area (Å²) >= 11 is 0. The van der Waals surface area contributed by atoms with Crippen molar-refractivity contribution >= 4 is 0 Å². The molecule has 0 heterocycles. The maximum Gasteiger partial charge on any atom is 0.401 e. The largest absolute Gasteiger partial charge is 0.401 e. The summed E-state index contributed by atoms with van der Waals surface area (Å²) in [5.74, 6) is 0.222. The minimum atomic E-state index is -4.11. The van der Waals surface area contributed by atoms with Crippen LogP contribution in [0.15, 0.2) is 0 Å². The second-order valence-electron chi connectivity index (χ2n) is 5.00. The minimum Gasteiger partial charge on any atom is -0.327 e. The van der Waals surface area contributed by atoms with E-state index >= 15 is 0 Å². The van der Waals surface area contributed by atoms with Crippen molar-refractivity contribution in [1.29, 1.82) is 0 Å². The Bertz CT molecular complexity index is 218. The number of alkyl halides is 3. The van der Waals surface area contributed by atoms with Gasteiger partial charge < -0.3 is 5.73 Å². The predicted octanol–water partition coefficient (Wildman–Crippen LogP) is 2.78. The van der Waals surface area contributed by atoms with Crippen LogP contribution in [0, 0.1) is 5.92 Å². The van der Waals surface area contributed by atoms with E-state index in [1.54, 1.807) is 6.92 Å². The summed E-state index contributed by atoms with van der Waals surface area (Å²) in [6.07, 6.45) is 1.19. The van der Waals surface area contributed by atoms with Crippen LogP contribution in [0.5, 0.6) is 0 Å². The Morgan fingerprint density at radius 1 is 1.18 bits per heavy atom. The highest BCUT2D eigenvalue weighted by atomic mass is 19.4. The van der Waals surface area contributed by atoms with Crippen LogP contribution in [0.3, 0.4) is 0 Å². The second kappa shape index (κ2) is 6.59. The second-order valence-corrected chi connectivity index (χ2v) is 5.00. The molecule has 0 aromatic rings. The van der Waals surface area contributed by atoms with Gasteiger partial charge in [-0.3, -0.25) is 4.90 Å². The summed E-state index contributed by atoms with van der Waals surface area (Å²) in [6, 6.07) is 0.0692. The standard InChI is InChI=1S/C12H23F3N2/c1-2-17(9-12(13,14)15)8-10-6-4-3-5-7-11(10)16/h10-11H,2-9,16H2,1H3. The molecule has 0 aromatic carbocycles. The number of halogens is 3. The number of rotatable bonds is 4. The van der Waals surface area contributed by atoms with Crippen LogP contribution in [0.25, 0.3) is 0 Å². The first kappa shape index (κ1) is 14.8. The summed E-state index contributed by atoms with van der Waals surface area (Å²) in [5, 5.41) is 0. The molecule has 0 aliphatic heterocycles. The molecule has 2 N–H and O–H groups in total. The fourth-order valence-corrected chi connectivity index (χ4v) is 2.53. The first-order valence-electron chi connectivity index (χ1n) is 6.47. The maximum atomic E-state index is 12.4. The average Bonchev–Trinajstić information content (AvgIpc) is 2.41. The van der Waals surface area contributed by atoms with E-state index in [1.807, 2.05) is 0 Å². The molecule has 0 spiro atoms. The van der Waals surface area contributed by atoms with Crippen molar-refractivity contribution in [3.05, 3.63) is 0 Å². The monoisotopic (exact) mass is 252 g/mol. The van der Waals surface area contributed by atoms with Gasteiger partial charge in [0.25, 0.3) is 0 Å². The molecule has 17 heavy (non-hydrogen) atoms. The Morgan fingerprint density at radius 2 is 1.82 bits per heavy atom. The predicted molar refractivity (Wildman–Crippen MR) is 62.7 cm³/mol. The zero-order valence-electron chi connectivity index (χ0n) is 10.5. The van der Waals surface area contributed by atoms with Crippen molar-refractivity contribution in [3.63, 3.8) is 0 Å². The van der Waals surface area contributed by atoms with Gasteiger partial charge in [-0.1, -0.05) is 26.2 Å². The van der Waals surface area contributed by atoms with Crippen molar-refractivity contribution in [2.45, 2.75) is 51.2 Å². The van der Waals surface area contributed by atoms with Crippen LogP contribution in [0.2, 0.25) is 0 Å². The van der Waals surface area contributed by atoms with Crippen LogP contribution in [0.1, 0.15) is 39.0 Å². The Labute approximate surface area is 101 Å². The van der Waals surface area contributed by atoms with Crippen LogP contribution >= 0.6 is 0 Å². The molecule has 5 heteroatoms. The molecule has 102 valence electrons. The number of nitrogens with two attached hydrogens (primary N) is 1. The first-order chi connectivity index (χ1) is 7.92. The van der Waals surface area contributed by atoms with E-state index in [-0.39, 0.29) is 12.0 Å². The highest BCUT2D eigenvalue weighted by Crippen LogP contribution is 2.24. The zero-order chi connectivity index (χ0) is 12.9. The first-order valence-corrected chi connectivity index (χ1v) is 6.47. The lowest BCUT2D eigenvalue weighted by Crippen LogP contribution is -2.42.